The van der Waals surface area contributed by atoms with Gasteiger partial charge in [-0.25, -0.2) is 0 Å². The van der Waals surface area contributed by atoms with Crippen molar-refractivity contribution in [2.75, 3.05) is 13.2 Å². The largest absolute Gasteiger partial charge is 0.494 e. The number of benzene rings is 3. The van der Waals surface area contributed by atoms with E-state index in [2.05, 4.69) is 17.8 Å². The highest BCUT2D eigenvalue weighted by Crippen LogP contribution is 2.20. The highest BCUT2D eigenvalue weighted by molar-refractivity contribution is 5.95. The molecule has 0 aliphatic rings. The van der Waals surface area contributed by atoms with Crippen LogP contribution in [0, 0.1) is 0 Å². The lowest BCUT2D eigenvalue weighted by Gasteiger charge is -2.10. The van der Waals surface area contributed by atoms with Crippen molar-refractivity contribution in [3.05, 3.63) is 72.3 Å². The van der Waals surface area contributed by atoms with E-state index < -0.39 is 11.8 Å². The van der Waals surface area contributed by atoms with E-state index in [9.17, 15) is 9.59 Å². The SMILES string of the molecule is CCCCCCOc1ccc(C(=O)NNC(=O)COc2ccc3ccccc3c2)cc1. The zero-order valence-electron chi connectivity index (χ0n) is 17.7. The fourth-order valence-electron chi connectivity index (χ4n) is 3.06. The van der Waals surface area contributed by atoms with Crippen molar-refractivity contribution >= 4 is 22.6 Å². The van der Waals surface area contributed by atoms with E-state index in [-0.39, 0.29) is 6.61 Å². The van der Waals surface area contributed by atoms with Crippen molar-refractivity contribution in [1.82, 2.24) is 10.9 Å². The maximum atomic E-state index is 12.2. The Balaban J connectivity index is 1.39. The lowest BCUT2D eigenvalue weighted by atomic mass is 10.1. The first-order valence-electron chi connectivity index (χ1n) is 10.6. The van der Waals surface area contributed by atoms with Crippen molar-refractivity contribution in [1.29, 1.82) is 0 Å². The second kappa shape index (κ2) is 11.6. The van der Waals surface area contributed by atoms with Crippen molar-refractivity contribution in [3.8, 4) is 11.5 Å². The Morgan fingerprint density at radius 1 is 0.774 bits per heavy atom. The van der Waals surface area contributed by atoms with E-state index in [1.807, 2.05) is 42.5 Å². The molecular weight excluding hydrogens is 392 g/mol. The normalized spacial score (nSPS) is 10.5. The van der Waals surface area contributed by atoms with Gasteiger partial charge in [-0.3, -0.25) is 20.4 Å². The molecule has 0 bridgehead atoms. The van der Waals surface area contributed by atoms with Gasteiger partial charge in [-0.05, 0) is 53.6 Å². The zero-order valence-corrected chi connectivity index (χ0v) is 17.7. The average molecular weight is 421 g/mol. The maximum absolute atomic E-state index is 12.2. The predicted octanol–water partition coefficient (Wildman–Crippen LogP) is 4.64. The Kier molecular flexibility index (Phi) is 8.29. The Hall–Kier alpha value is -3.54. The van der Waals surface area contributed by atoms with Gasteiger partial charge < -0.3 is 9.47 Å². The molecule has 0 spiro atoms. The predicted molar refractivity (Wildman–Crippen MR) is 121 cm³/mol. The minimum Gasteiger partial charge on any atom is -0.494 e. The Morgan fingerprint density at radius 2 is 1.52 bits per heavy atom. The summed E-state index contributed by atoms with van der Waals surface area (Å²) in [6, 6.07) is 20.3. The van der Waals surface area contributed by atoms with Crippen LogP contribution in [-0.2, 0) is 4.79 Å². The fraction of sp³-hybridized carbons (Fsp3) is 0.280. The van der Waals surface area contributed by atoms with Gasteiger partial charge in [-0.2, -0.15) is 0 Å². The van der Waals surface area contributed by atoms with Crippen LogP contribution < -0.4 is 20.3 Å². The molecule has 0 aliphatic carbocycles. The van der Waals surface area contributed by atoms with Gasteiger partial charge >= 0.3 is 0 Å². The topological polar surface area (TPSA) is 76.7 Å². The number of amides is 2. The molecular formula is C25H28N2O4. The van der Waals surface area contributed by atoms with Gasteiger partial charge in [0.25, 0.3) is 11.8 Å². The molecule has 6 heteroatoms. The van der Waals surface area contributed by atoms with Crippen molar-refractivity contribution in [2.45, 2.75) is 32.6 Å². The summed E-state index contributed by atoms with van der Waals surface area (Å²) in [6.07, 6.45) is 4.57. The van der Waals surface area contributed by atoms with Gasteiger partial charge in [0.05, 0.1) is 6.61 Å². The second-order valence-corrected chi connectivity index (χ2v) is 7.23. The number of unbranched alkanes of at least 4 members (excludes halogenated alkanes) is 3. The first kappa shape index (κ1) is 22.2. The van der Waals surface area contributed by atoms with Crippen LogP contribution in [0.5, 0.6) is 11.5 Å². The molecule has 0 radical (unpaired) electrons. The lowest BCUT2D eigenvalue weighted by Crippen LogP contribution is -2.43. The van der Waals surface area contributed by atoms with Crippen LogP contribution in [0.25, 0.3) is 10.8 Å². The van der Waals surface area contributed by atoms with Gasteiger partial charge in [0, 0.05) is 5.56 Å². The number of ether oxygens (including phenoxy) is 2. The molecule has 0 aliphatic heterocycles. The molecule has 0 fully saturated rings. The summed E-state index contributed by atoms with van der Waals surface area (Å²) in [6.45, 7) is 2.63. The molecule has 0 heterocycles. The van der Waals surface area contributed by atoms with Crippen molar-refractivity contribution in [2.24, 2.45) is 0 Å². The quantitative estimate of drug-likeness (QED) is 0.370. The minimum absolute atomic E-state index is 0.205. The van der Waals surface area contributed by atoms with E-state index >= 15 is 0 Å². The number of carbonyl (C=O) groups is 2. The van der Waals surface area contributed by atoms with Crippen molar-refractivity contribution in [3.63, 3.8) is 0 Å². The van der Waals surface area contributed by atoms with E-state index in [1.54, 1.807) is 24.3 Å². The van der Waals surface area contributed by atoms with Gasteiger partial charge in [0.2, 0.25) is 0 Å². The Labute approximate surface area is 182 Å². The van der Waals surface area contributed by atoms with Crippen LogP contribution in [0.2, 0.25) is 0 Å². The molecule has 6 nitrogen and oxygen atoms in total. The molecule has 0 saturated carbocycles. The third-order valence-corrected chi connectivity index (χ3v) is 4.79. The van der Waals surface area contributed by atoms with E-state index in [0.29, 0.717) is 17.9 Å². The number of hydrazine groups is 1. The number of nitrogens with one attached hydrogen (secondary N) is 2. The standard InChI is InChI=1S/C25H28N2O4/c1-2-3-4-7-16-30-22-13-11-20(12-14-22)25(29)27-26-24(28)18-31-23-15-10-19-8-5-6-9-21(19)17-23/h5-6,8-15,17H,2-4,7,16,18H2,1H3,(H,26,28)(H,27,29). The molecule has 3 rings (SSSR count). The highest BCUT2D eigenvalue weighted by atomic mass is 16.5. The summed E-state index contributed by atoms with van der Waals surface area (Å²) >= 11 is 0. The summed E-state index contributed by atoms with van der Waals surface area (Å²) in [4.78, 5) is 24.2. The minimum atomic E-state index is -0.450. The molecule has 0 atom stereocenters. The van der Waals surface area contributed by atoms with Crippen LogP contribution in [0.1, 0.15) is 43.0 Å². The third kappa shape index (κ3) is 7.03. The number of hydrogen-bond acceptors (Lipinski definition) is 4. The van der Waals surface area contributed by atoms with E-state index in [4.69, 9.17) is 9.47 Å². The average Bonchev–Trinajstić information content (AvgIpc) is 2.81. The Bertz CT molecular complexity index is 1000. The second-order valence-electron chi connectivity index (χ2n) is 7.23. The summed E-state index contributed by atoms with van der Waals surface area (Å²) in [5.74, 6) is 0.452. The van der Waals surface area contributed by atoms with Crippen LogP contribution in [0.15, 0.2) is 66.7 Å². The summed E-state index contributed by atoms with van der Waals surface area (Å²) in [5, 5.41) is 2.13. The monoisotopic (exact) mass is 420 g/mol. The smallest absolute Gasteiger partial charge is 0.276 e. The van der Waals surface area contributed by atoms with Crippen LogP contribution in [-0.4, -0.2) is 25.0 Å². The zero-order chi connectivity index (χ0) is 21.9. The van der Waals surface area contributed by atoms with Gasteiger partial charge in [0.1, 0.15) is 11.5 Å². The molecule has 3 aromatic rings. The molecule has 0 aromatic heterocycles. The molecule has 2 amide bonds. The third-order valence-electron chi connectivity index (χ3n) is 4.79. The molecule has 0 saturated heterocycles. The summed E-state index contributed by atoms with van der Waals surface area (Å²) in [5.41, 5.74) is 5.18. The lowest BCUT2D eigenvalue weighted by molar-refractivity contribution is -0.123. The van der Waals surface area contributed by atoms with E-state index in [0.717, 1.165) is 29.4 Å². The number of hydrogen-bond donors (Lipinski definition) is 2. The fourth-order valence-corrected chi connectivity index (χ4v) is 3.06. The molecule has 2 N–H and O–H groups in total. The van der Waals surface area contributed by atoms with E-state index in [1.165, 1.54) is 12.8 Å². The Morgan fingerprint density at radius 3 is 2.29 bits per heavy atom. The number of fused-ring (bicyclic) bond motifs is 1. The summed E-state index contributed by atoms with van der Waals surface area (Å²) < 4.78 is 11.2. The molecule has 31 heavy (non-hydrogen) atoms. The van der Waals surface area contributed by atoms with Gasteiger partial charge in [-0.15, -0.1) is 0 Å². The van der Waals surface area contributed by atoms with Gasteiger partial charge in [0.15, 0.2) is 6.61 Å². The highest BCUT2D eigenvalue weighted by Gasteiger charge is 2.08. The first-order chi connectivity index (χ1) is 15.2. The number of rotatable bonds is 10. The van der Waals surface area contributed by atoms with Crippen LogP contribution in [0.3, 0.4) is 0 Å². The maximum Gasteiger partial charge on any atom is 0.276 e. The van der Waals surface area contributed by atoms with Crippen molar-refractivity contribution < 1.29 is 19.1 Å². The number of carbonyl (C=O) groups excluding carboxylic acids is 2. The van der Waals surface area contributed by atoms with Crippen LogP contribution in [0.4, 0.5) is 0 Å². The van der Waals surface area contributed by atoms with Crippen LogP contribution >= 0.6 is 0 Å². The van der Waals surface area contributed by atoms with Gasteiger partial charge in [-0.1, -0.05) is 56.5 Å². The summed E-state index contributed by atoms with van der Waals surface area (Å²) in [7, 11) is 0. The first-order valence-corrected chi connectivity index (χ1v) is 10.6. The molecule has 3 aromatic carbocycles. The molecule has 0 unspecified atom stereocenters. The molecule has 162 valence electrons.